The Kier molecular flexibility index (Phi) is 8.71. The molecule has 2 unspecified atom stereocenters. The zero-order valence-corrected chi connectivity index (χ0v) is 18.3. The number of halogens is 3. The molecule has 1 aliphatic rings. The maximum Gasteiger partial charge on any atom is 0.191 e. The van der Waals surface area contributed by atoms with Crippen LogP contribution in [-0.2, 0) is 9.84 Å². The molecule has 148 valence electrons. The highest BCUT2D eigenvalue weighted by Crippen LogP contribution is 2.19. The molecule has 0 spiro atoms. The standard InChI is InChI=1S/C17H25F2N3O2S.HI/c1-11(2)21-17(20-9-13-6-7-25(23,24)10-13)22-12(3)14-4-5-15(18)16(19)8-14;/h4-5,8,11-13H,6-7,9-10H2,1-3H3,(H2,20,21,22);1H. The first-order valence-electron chi connectivity index (χ1n) is 8.39. The molecule has 1 fully saturated rings. The van der Waals surface area contributed by atoms with Crippen molar-refractivity contribution in [3.63, 3.8) is 0 Å². The number of aliphatic imine (C=N–C) groups is 1. The molecule has 0 saturated carbocycles. The van der Waals surface area contributed by atoms with E-state index in [0.29, 0.717) is 24.5 Å². The molecule has 1 saturated heterocycles. The summed E-state index contributed by atoms with van der Waals surface area (Å²) in [4.78, 5) is 4.48. The molecule has 0 amide bonds. The van der Waals surface area contributed by atoms with Gasteiger partial charge in [0, 0.05) is 12.6 Å². The Morgan fingerprint density at radius 2 is 1.92 bits per heavy atom. The van der Waals surface area contributed by atoms with E-state index >= 15 is 0 Å². The molecule has 1 aliphatic heterocycles. The van der Waals surface area contributed by atoms with Gasteiger partial charge < -0.3 is 10.6 Å². The maximum absolute atomic E-state index is 13.4. The van der Waals surface area contributed by atoms with E-state index in [2.05, 4.69) is 15.6 Å². The normalized spacial score (nSPS) is 20.5. The molecular formula is C17H26F2IN3O2S. The molecule has 2 atom stereocenters. The molecule has 1 aromatic rings. The highest BCUT2D eigenvalue weighted by Gasteiger charge is 2.27. The minimum Gasteiger partial charge on any atom is -0.354 e. The van der Waals surface area contributed by atoms with Crippen LogP contribution >= 0.6 is 24.0 Å². The van der Waals surface area contributed by atoms with E-state index in [0.717, 1.165) is 12.1 Å². The minimum atomic E-state index is -2.93. The van der Waals surface area contributed by atoms with Crippen molar-refractivity contribution >= 4 is 39.8 Å². The smallest absolute Gasteiger partial charge is 0.191 e. The van der Waals surface area contributed by atoms with Crippen LogP contribution in [0.5, 0.6) is 0 Å². The Morgan fingerprint density at radius 1 is 1.23 bits per heavy atom. The molecule has 2 rings (SSSR count). The third kappa shape index (κ3) is 6.98. The monoisotopic (exact) mass is 501 g/mol. The highest BCUT2D eigenvalue weighted by atomic mass is 127. The van der Waals surface area contributed by atoms with Crippen molar-refractivity contribution in [2.75, 3.05) is 18.1 Å². The molecule has 0 bridgehead atoms. The van der Waals surface area contributed by atoms with Crippen LogP contribution in [0.15, 0.2) is 23.2 Å². The molecule has 1 heterocycles. The first kappa shape index (κ1) is 23.1. The SMILES string of the molecule is CC(C)NC(=NCC1CCS(=O)(=O)C1)NC(C)c1ccc(F)c(F)c1.I. The summed E-state index contributed by atoms with van der Waals surface area (Å²) in [6.45, 7) is 6.15. The van der Waals surface area contributed by atoms with Gasteiger partial charge in [0.15, 0.2) is 27.4 Å². The van der Waals surface area contributed by atoms with Crippen LogP contribution in [0.25, 0.3) is 0 Å². The van der Waals surface area contributed by atoms with Gasteiger partial charge in [-0.05, 0) is 50.8 Å². The minimum absolute atomic E-state index is 0. The average Bonchev–Trinajstić information content (AvgIpc) is 2.86. The van der Waals surface area contributed by atoms with Gasteiger partial charge in [-0.3, -0.25) is 4.99 Å². The zero-order chi connectivity index (χ0) is 18.6. The average molecular weight is 501 g/mol. The lowest BCUT2D eigenvalue weighted by Gasteiger charge is -2.21. The summed E-state index contributed by atoms with van der Waals surface area (Å²) in [5.41, 5.74) is 0.598. The second-order valence-corrected chi connectivity index (χ2v) is 9.03. The van der Waals surface area contributed by atoms with Crippen molar-refractivity contribution in [1.82, 2.24) is 10.6 Å². The van der Waals surface area contributed by atoms with E-state index in [1.807, 2.05) is 20.8 Å². The largest absolute Gasteiger partial charge is 0.354 e. The Hall–Kier alpha value is -0.970. The van der Waals surface area contributed by atoms with Crippen molar-refractivity contribution in [1.29, 1.82) is 0 Å². The van der Waals surface area contributed by atoms with Crippen molar-refractivity contribution in [2.24, 2.45) is 10.9 Å². The van der Waals surface area contributed by atoms with Crippen LogP contribution in [0, 0.1) is 17.6 Å². The number of hydrogen-bond acceptors (Lipinski definition) is 3. The quantitative estimate of drug-likeness (QED) is 0.370. The Morgan fingerprint density at radius 3 is 2.46 bits per heavy atom. The third-order valence-corrected chi connectivity index (χ3v) is 5.89. The number of hydrogen-bond donors (Lipinski definition) is 2. The molecule has 5 nitrogen and oxygen atoms in total. The summed E-state index contributed by atoms with van der Waals surface area (Å²) in [6, 6.07) is 3.61. The summed E-state index contributed by atoms with van der Waals surface area (Å²) >= 11 is 0. The van der Waals surface area contributed by atoms with Gasteiger partial charge in [0.1, 0.15) is 0 Å². The Balaban J connectivity index is 0.00000338. The summed E-state index contributed by atoms with van der Waals surface area (Å²) in [5.74, 6) is -0.834. The number of sulfone groups is 1. The fourth-order valence-corrected chi connectivity index (χ4v) is 4.56. The topological polar surface area (TPSA) is 70.6 Å². The molecule has 1 aromatic carbocycles. The molecular weight excluding hydrogens is 475 g/mol. The van der Waals surface area contributed by atoms with Gasteiger partial charge in [0.05, 0.1) is 17.5 Å². The first-order valence-corrected chi connectivity index (χ1v) is 10.2. The highest BCUT2D eigenvalue weighted by molar-refractivity contribution is 14.0. The van der Waals surface area contributed by atoms with Crippen LogP contribution in [-0.4, -0.2) is 38.5 Å². The van der Waals surface area contributed by atoms with Gasteiger partial charge in [0.2, 0.25) is 0 Å². The molecule has 0 aromatic heterocycles. The van der Waals surface area contributed by atoms with Crippen molar-refractivity contribution in [3.05, 3.63) is 35.4 Å². The number of rotatable bonds is 5. The van der Waals surface area contributed by atoms with Crippen LogP contribution in [0.4, 0.5) is 8.78 Å². The van der Waals surface area contributed by atoms with Gasteiger partial charge in [0.25, 0.3) is 0 Å². The lowest BCUT2D eigenvalue weighted by molar-refractivity contribution is 0.504. The van der Waals surface area contributed by atoms with E-state index in [4.69, 9.17) is 0 Å². The molecule has 9 heteroatoms. The number of nitrogens with zero attached hydrogens (tertiary/aromatic N) is 1. The van der Waals surface area contributed by atoms with Crippen molar-refractivity contribution in [2.45, 2.75) is 39.3 Å². The van der Waals surface area contributed by atoms with E-state index in [-0.39, 0.29) is 53.5 Å². The van der Waals surface area contributed by atoms with Crippen LogP contribution in [0.2, 0.25) is 0 Å². The van der Waals surface area contributed by atoms with Gasteiger partial charge >= 0.3 is 0 Å². The van der Waals surface area contributed by atoms with Crippen LogP contribution in [0.1, 0.15) is 38.8 Å². The predicted octanol–water partition coefficient (Wildman–Crippen LogP) is 3.02. The maximum atomic E-state index is 13.4. The second kappa shape index (κ2) is 9.82. The van der Waals surface area contributed by atoms with Gasteiger partial charge in [-0.15, -0.1) is 24.0 Å². The van der Waals surface area contributed by atoms with Crippen molar-refractivity contribution < 1.29 is 17.2 Å². The van der Waals surface area contributed by atoms with E-state index in [1.165, 1.54) is 6.07 Å². The fraction of sp³-hybridized carbons (Fsp3) is 0.588. The fourth-order valence-electron chi connectivity index (χ4n) is 2.71. The Bertz CT molecular complexity index is 742. The lowest BCUT2D eigenvalue weighted by atomic mass is 10.1. The second-order valence-electron chi connectivity index (χ2n) is 6.80. The molecule has 2 N–H and O–H groups in total. The van der Waals surface area contributed by atoms with Gasteiger partial charge in [-0.25, -0.2) is 17.2 Å². The van der Waals surface area contributed by atoms with E-state index in [9.17, 15) is 17.2 Å². The number of guanidine groups is 1. The zero-order valence-electron chi connectivity index (χ0n) is 15.1. The van der Waals surface area contributed by atoms with E-state index < -0.39 is 21.5 Å². The number of nitrogens with one attached hydrogen (secondary N) is 2. The molecule has 0 aliphatic carbocycles. The van der Waals surface area contributed by atoms with Gasteiger partial charge in [-0.1, -0.05) is 6.07 Å². The molecule has 26 heavy (non-hydrogen) atoms. The first-order chi connectivity index (χ1) is 11.7. The van der Waals surface area contributed by atoms with Gasteiger partial charge in [-0.2, -0.15) is 0 Å². The summed E-state index contributed by atoms with van der Waals surface area (Å²) < 4.78 is 49.6. The molecule has 0 radical (unpaired) electrons. The number of benzene rings is 1. The van der Waals surface area contributed by atoms with Crippen LogP contribution in [0.3, 0.4) is 0 Å². The predicted molar refractivity (Wildman–Crippen MR) is 111 cm³/mol. The summed E-state index contributed by atoms with van der Waals surface area (Å²) in [7, 11) is -2.93. The third-order valence-electron chi connectivity index (χ3n) is 4.06. The summed E-state index contributed by atoms with van der Waals surface area (Å²) in [5, 5.41) is 6.33. The van der Waals surface area contributed by atoms with E-state index in [1.54, 1.807) is 0 Å². The van der Waals surface area contributed by atoms with Crippen LogP contribution < -0.4 is 10.6 Å². The lowest BCUT2D eigenvalue weighted by Crippen LogP contribution is -2.42. The van der Waals surface area contributed by atoms with Crippen molar-refractivity contribution in [3.8, 4) is 0 Å². The Labute approximate surface area is 171 Å². The summed E-state index contributed by atoms with van der Waals surface area (Å²) in [6.07, 6.45) is 0.625.